The van der Waals surface area contributed by atoms with Crippen molar-refractivity contribution in [2.45, 2.75) is 6.54 Å². The number of rotatable bonds is 6. The van der Waals surface area contributed by atoms with E-state index in [1.165, 1.54) is 0 Å². The Kier molecular flexibility index (Phi) is 4.23. The number of para-hydroxylation sites is 1. The average Bonchev–Trinajstić information content (AvgIpc) is 2.84. The van der Waals surface area contributed by atoms with E-state index in [2.05, 4.69) is 15.6 Å². The largest absolute Gasteiger partial charge is 0.383 e. The topological polar surface area (TPSA) is 52.0 Å². The van der Waals surface area contributed by atoms with Gasteiger partial charge in [-0.3, -0.25) is 0 Å². The van der Waals surface area contributed by atoms with Crippen molar-refractivity contribution in [3.8, 4) is 5.69 Å². The van der Waals surface area contributed by atoms with Crippen LogP contribution in [-0.2, 0) is 11.3 Å². The van der Waals surface area contributed by atoms with Crippen LogP contribution in [-0.4, -0.2) is 35.3 Å². The van der Waals surface area contributed by atoms with Crippen molar-refractivity contribution < 1.29 is 4.74 Å². The Labute approximate surface area is 100 Å². The second-order valence-corrected chi connectivity index (χ2v) is 3.64. The molecule has 1 N–H and O–H groups in total. The van der Waals surface area contributed by atoms with Gasteiger partial charge in [0, 0.05) is 20.2 Å². The summed E-state index contributed by atoms with van der Waals surface area (Å²) >= 11 is 0. The minimum atomic E-state index is 0.701. The molecule has 0 radical (unpaired) electrons. The molecule has 0 saturated heterocycles. The van der Waals surface area contributed by atoms with Crippen LogP contribution in [0.4, 0.5) is 0 Å². The molecule has 0 unspecified atom stereocenters. The Morgan fingerprint density at radius 2 is 2.12 bits per heavy atom. The molecule has 0 amide bonds. The van der Waals surface area contributed by atoms with Gasteiger partial charge in [-0.05, 0) is 12.1 Å². The Morgan fingerprint density at radius 1 is 1.29 bits per heavy atom. The molecule has 1 heterocycles. The average molecular weight is 232 g/mol. The van der Waals surface area contributed by atoms with E-state index >= 15 is 0 Å². The lowest BCUT2D eigenvalue weighted by Gasteiger charge is -2.06. The van der Waals surface area contributed by atoms with Gasteiger partial charge >= 0.3 is 0 Å². The van der Waals surface area contributed by atoms with Gasteiger partial charge < -0.3 is 10.1 Å². The van der Waals surface area contributed by atoms with E-state index in [0.717, 1.165) is 24.5 Å². The molecule has 0 fully saturated rings. The summed E-state index contributed by atoms with van der Waals surface area (Å²) in [4.78, 5) is 0. The second kappa shape index (κ2) is 6.12. The van der Waals surface area contributed by atoms with Crippen LogP contribution in [0.15, 0.2) is 36.5 Å². The molecule has 1 aromatic carbocycles. The molecule has 0 aliphatic rings. The maximum Gasteiger partial charge on any atom is 0.0783 e. The molecular weight excluding hydrogens is 216 g/mol. The van der Waals surface area contributed by atoms with E-state index < -0.39 is 0 Å². The third-order valence-electron chi connectivity index (χ3n) is 2.41. The highest BCUT2D eigenvalue weighted by Gasteiger charge is 2.04. The quantitative estimate of drug-likeness (QED) is 0.755. The summed E-state index contributed by atoms with van der Waals surface area (Å²) in [6.45, 7) is 2.24. The van der Waals surface area contributed by atoms with Gasteiger partial charge in [0.05, 0.1) is 24.2 Å². The van der Waals surface area contributed by atoms with Crippen LogP contribution >= 0.6 is 0 Å². The van der Waals surface area contributed by atoms with E-state index in [-0.39, 0.29) is 0 Å². The number of hydrogen-bond acceptors (Lipinski definition) is 4. The Bertz CT molecular complexity index is 441. The molecule has 0 saturated carbocycles. The van der Waals surface area contributed by atoms with Crippen LogP contribution in [0.2, 0.25) is 0 Å². The Balaban J connectivity index is 2.02. The fraction of sp³-hybridized carbons (Fsp3) is 0.333. The fourth-order valence-corrected chi connectivity index (χ4v) is 1.55. The van der Waals surface area contributed by atoms with Crippen LogP contribution in [0, 0.1) is 0 Å². The van der Waals surface area contributed by atoms with E-state index in [4.69, 9.17) is 4.74 Å². The van der Waals surface area contributed by atoms with Crippen molar-refractivity contribution in [3.63, 3.8) is 0 Å². The van der Waals surface area contributed by atoms with Gasteiger partial charge in [-0.1, -0.05) is 23.4 Å². The molecule has 90 valence electrons. The molecule has 0 bridgehead atoms. The minimum Gasteiger partial charge on any atom is -0.383 e. The summed E-state index contributed by atoms with van der Waals surface area (Å²) < 4.78 is 6.81. The molecule has 5 nitrogen and oxygen atoms in total. The number of aromatic nitrogens is 3. The lowest BCUT2D eigenvalue weighted by Crippen LogP contribution is -2.20. The third kappa shape index (κ3) is 3.12. The summed E-state index contributed by atoms with van der Waals surface area (Å²) in [5, 5.41) is 11.3. The first kappa shape index (κ1) is 11.8. The van der Waals surface area contributed by atoms with E-state index in [9.17, 15) is 0 Å². The van der Waals surface area contributed by atoms with Crippen LogP contribution in [0.3, 0.4) is 0 Å². The molecule has 2 aromatic rings. The normalized spacial score (nSPS) is 10.6. The summed E-state index contributed by atoms with van der Waals surface area (Å²) in [6, 6.07) is 9.97. The summed E-state index contributed by atoms with van der Waals surface area (Å²) in [5.74, 6) is 0. The predicted molar refractivity (Wildman–Crippen MR) is 64.9 cm³/mol. The lowest BCUT2D eigenvalue weighted by atomic mass is 10.3. The zero-order valence-corrected chi connectivity index (χ0v) is 9.84. The van der Waals surface area contributed by atoms with Gasteiger partial charge in [-0.2, -0.15) is 0 Å². The van der Waals surface area contributed by atoms with Crippen LogP contribution in [0.5, 0.6) is 0 Å². The van der Waals surface area contributed by atoms with Crippen molar-refractivity contribution in [1.82, 2.24) is 20.3 Å². The molecular formula is C12H16N4O. The van der Waals surface area contributed by atoms with Crippen LogP contribution in [0.1, 0.15) is 5.69 Å². The minimum absolute atomic E-state index is 0.701. The summed E-state index contributed by atoms with van der Waals surface area (Å²) in [5.41, 5.74) is 2.06. The first-order valence-corrected chi connectivity index (χ1v) is 5.56. The van der Waals surface area contributed by atoms with Crippen LogP contribution < -0.4 is 5.32 Å². The fourth-order valence-electron chi connectivity index (χ4n) is 1.55. The van der Waals surface area contributed by atoms with Crippen molar-refractivity contribution in [2.24, 2.45) is 0 Å². The molecule has 2 rings (SSSR count). The standard InChI is InChI=1S/C12H16N4O/c1-17-8-7-13-9-12-10-14-15-16(12)11-5-3-2-4-6-11/h2-6,10,13H,7-9H2,1H3. The molecule has 17 heavy (non-hydrogen) atoms. The van der Waals surface area contributed by atoms with Gasteiger partial charge in [-0.25, -0.2) is 4.68 Å². The zero-order valence-electron chi connectivity index (χ0n) is 9.84. The maximum absolute atomic E-state index is 4.98. The molecule has 5 heteroatoms. The maximum atomic E-state index is 4.98. The van der Waals surface area contributed by atoms with Crippen molar-refractivity contribution in [3.05, 3.63) is 42.2 Å². The van der Waals surface area contributed by atoms with Crippen molar-refractivity contribution in [1.29, 1.82) is 0 Å². The number of methoxy groups -OCH3 is 1. The van der Waals surface area contributed by atoms with E-state index in [1.54, 1.807) is 13.3 Å². The number of nitrogens with one attached hydrogen (secondary N) is 1. The first-order valence-electron chi connectivity index (χ1n) is 5.56. The second-order valence-electron chi connectivity index (χ2n) is 3.64. The summed E-state index contributed by atoms with van der Waals surface area (Å²) in [6.07, 6.45) is 1.77. The third-order valence-corrected chi connectivity index (χ3v) is 2.41. The Hall–Kier alpha value is -1.72. The highest BCUT2D eigenvalue weighted by atomic mass is 16.5. The molecule has 0 aliphatic carbocycles. The number of nitrogens with zero attached hydrogens (tertiary/aromatic N) is 3. The predicted octanol–water partition coefficient (Wildman–Crippen LogP) is 1.00. The van der Waals surface area contributed by atoms with Gasteiger partial charge in [-0.15, -0.1) is 5.10 Å². The highest BCUT2D eigenvalue weighted by Crippen LogP contribution is 2.07. The van der Waals surface area contributed by atoms with Crippen LogP contribution in [0.25, 0.3) is 5.69 Å². The van der Waals surface area contributed by atoms with Crippen molar-refractivity contribution >= 4 is 0 Å². The van der Waals surface area contributed by atoms with Gasteiger partial charge in [0.2, 0.25) is 0 Å². The number of ether oxygens (including phenoxy) is 1. The van der Waals surface area contributed by atoms with Gasteiger partial charge in [0.25, 0.3) is 0 Å². The SMILES string of the molecule is COCCNCc1cnnn1-c1ccccc1. The monoisotopic (exact) mass is 232 g/mol. The molecule has 1 aromatic heterocycles. The van der Waals surface area contributed by atoms with E-state index in [1.807, 2.05) is 35.0 Å². The zero-order chi connectivity index (χ0) is 11.9. The number of hydrogen-bond donors (Lipinski definition) is 1. The number of benzene rings is 1. The van der Waals surface area contributed by atoms with Gasteiger partial charge in [0.1, 0.15) is 0 Å². The lowest BCUT2D eigenvalue weighted by molar-refractivity contribution is 0.199. The molecule has 0 atom stereocenters. The summed E-state index contributed by atoms with van der Waals surface area (Å²) in [7, 11) is 1.69. The molecule has 0 spiro atoms. The smallest absolute Gasteiger partial charge is 0.0783 e. The highest BCUT2D eigenvalue weighted by molar-refractivity contribution is 5.31. The Morgan fingerprint density at radius 3 is 2.88 bits per heavy atom. The van der Waals surface area contributed by atoms with Crippen molar-refractivity contribution in [2.75, 3.05) is 20.3 Å². The van der Waals surface area contributed by atoms with Gasteiger partial charge in [0.15, 0.2) is 0 Å². The van der Waals surface area contributed by atoms with E-state index in [0.29, 0.717) is 6.61 Å². The first-order chi connectivity index (χ1) is 8.42. The molecule has 0 aliphatic heterocycles.